The third-order valence-electron chi connectivity index (χ3n) is 3.17. The number of hydrogen-bond donors (Lipinski definition) is 2. The number of likely N-dealkylation sites (N-methyl/N-ethyl adjacent to an activating group) is 1. The number of nitrogens with one attached hydrogen (secondary N) is 2. The van der Waals surface area contributed by atoms with Crippen molar-refractivity contribution in [1.82, 2.24) is 10.6 Å². The minimum atomic E-state index is 0. The summed E-state index contributed by atoms with van der Waals surface area (Å²) in [5, 5.41) is 7.06. The van der Waals surface area contributed by atoms with Gasteiger partial charge >= 0.3 is 0 Å². The fraction of sp³-hybridized carbons (Fsp3) is 0.400. The smallest absolute Gasteiger partial charge is 0.220 e. The van der Waals surface area contributed by atoms with Crippen molar-refractivity contribution in [3.8, 4) is 0 Å². The third-order valence-corrected chi connectivity index (χ3v) is 3.17. The van der Waals surface area contributed by atoms with Gasteiger partial charge in [-0.25, -0.2) is 0 Å². The van der Waals surface area contributed by atoms with Gasteiger partial charge in [0, 0.05) is 30.8 Å². The number of furan rings is 1. The first kappa shape index (κ1) is 16.5. The van der Waals surface area contributed by atoms with Crippen LogP contribution in [0.4, 0.5) is 0 Å². The summed E-state index contributed by atoms with van der Waals surface area (Å²) in [7, 11) is 1.88. The third kappa shape index (κ3) is 4.54. The highest BCUT2D eigenvalue weighted by Gasteiger charge is 2.07. The number of halogens is 1. The first-order valence-electron chi connectivity index (χ1n) is 6.60. The zero-order valence-electron chi connectivity index (χ0n) is 11.8. The average molecular weight is 297 g/mol. The molecule has 5 heteroatoms. The molecule has 0 radical (unpaired) electrons. The van der Waals surface area contributed by atoms with Crippen molar-refractivity contribution >= 4 is 29.3 Å². The molecular formula is C15H21ClN2O2. The maximum atomic E-state index is 11.7. The number of para-hydroxylation sites is 1. The second-order valence-corrected chi connectivity index (χ2v) is 4.74. The van der Waals surface area contributed by atoms with Gasteiger partial charge in [-0.2, -0.15) is 0 Å². The molecule has 0 fully saturated rings. The minimum absolute atomic E-state index is 0. The van der Waals surface area contributed by atoms with E-state index in [1.165, 1.54) is 0 Å². The first-order chi connectivity index (χ1) is 9.19. The number of rotatable bonds is 6. The summed E-state index contributed by atoms with van der Waals surface area (Å²) in [5.41, 5.74) is 0.877. The zero-order chi connectivity index (χ0) is 13.7. The number of hydrogen-bond acceptors (Lipinski definition) is 3. The Morgan fingerprint density at radius 2 is 2.10 bits per heavy atom. The van der Waals surface area contributed by atoms with E-state index in [2.05, 4.69) is 10.6 Å². The Balaban J connectivity index is 0.00000200. The maximum absolute atomic E-state index is 11.7. The summed E-state index contributed by atoms with van der Waals surface area (Å²) < 4.78 is 5.67. The molecule has 0 aliphatic carbocycles. The minimum Gasteiger partial charge on any atom is -0.461 e. The summed E-state index contributed by atoms with van der Waals surface area (Å²) in [4.78, 5) is 11.7. The van der Waals surface area contributed by atoms with E-state index < -0.39 is 0 Å². The summed E-state index contributed by atoms with van der Waals surface area (Å²) in [6.45, 7) is 2.68. The van der Waals surface area contributed by atoms with E-state index in [-0.39, 0.29) is 24.4 Å². The molecule has 2 aromatic rings. The second-order valence-electron chi connectivity index (χ2n) is 4.74. The number of carbonyl (C=O) groups excluding carboxylic acids is 1. The van der Waals surface area contributed by atoms with Crippen molar-refractivity contribution in [1.29, 1.82) is 0 Å². The van der Waals surface area contributed by atoms with Gasteiger partial charge in [0.25, 0.3) is 0 Å². The number of benzene rings is 1. The number of carbonyl (C=O) groups is 1. The highest BCUT2D eigenvalue weighted by molar-refractivity contribution is 5.85. The topological polar surface area (TPSA) is 54.3 Å². The predicted octanol–water partition coefficient (Wildman–Crippen LogP) is 2.51. The predicted molar refractivity (Wildman–Crippen MR) is 83.3 cm³/mol. The Bertz CT molecular complexity index is 521. The van der Waals surface area contributed by atoms with Gasteiger partial charge < -0.3 is 15.1 Å². The molecule has 4 nitrogen and oxygen atoms in total. The Morgan fingerprint density at radius 1 is 1.35 bits per heavy atom. The SMILES string of the molecule is CNC(C)CNC(=O)CCc1cc2ccccc2o1.Cl. The van der Waals surface area contributed by atoms with Gasteiger partial charge in [-0.1, -0.05) is 18.2 Å². The molecule has 1 atom stereocenters. The molecular weight excluding hydrogens is 276 g/mol. The molecule has 1 heterocycles. The van der Waals surface area contributed by atoms with Crippen LogP contribution in [0, 0.1) is 0 Å². The van der Waals surface area contributed by atoms with Crippen LogP contribution in [-0.4, -0.2) is 25.5 Å². The highest BCUT2D eigenvalue weighted by atomic mass is 35.5. The van der Waals surface area contributed by atoms with Crippen LogP contribution in [0.3, 0.4) is 0 Å². The second kappa shape index (κ2) is 7.92. The van der Waals surface area contributed by atoms with Crippen LogP contribution in [0.25, 0.3) is 11.0 Å². The molecule has 0 aliphatic heterocycles. The average Bonchev–Trinajstić information content (AvgIpc) is 2.85. The molecule has 2 N–H and O–H groups in total. The summed E-state index contributed by atoms with van der Waals surface area (Å²) >= 11 is 0. The summed E-state index contributed by atoms with van der Waals surface area (Å²) in [6, 6.07) is 10.2. The molecule has 110 valence electrons. The van der Waals surface area contributed by atoms with Gasteiger partial charge in [-0.05, 0) is 26.1 Å². The van der Waals surface area contributed by atoms with Gasteiger partial charge in [0.15, 0.2) is 0 Å². The standard InChI is InChI=1S/C15H20N2O2.ClH/c1-11(16-2)10-17-15(18)8-7-13-9-12-5-3-4-6-14(12)19-13;/h3-6,9,11,16H,7-8,10H2,1-2H3,(H,17,18);1H. The van der Waals surface area contributed by atoms with Crippen LogP contribution < -0.4 is 10.6 Å². The van der Waals surface area contributed by atoms with E-state index >= 15 is 0 Å². The lowest BCUT2D eigenvalue weighted by atomic mass is 10.2. The fourth-order valence-corrected chi connectivity index (χ4v) is 1.85. The molecule has 0 aliphatic rings. The number of aryl methyl sites for hydroxylation is 1. The van der Waals surface area contributed by atoms with Gasteiger partial charge in [0.05, 0.1) is 0 Å². The summed E-state index contributed by atoms with van der Waals surface area (Å²) in [5.74, 6) is 0.917. The monoisotopic (exact) mass is 296 g/mol. The lowest BCUT2D eigenvalue weighted by Gasteiger charge is -2.10. The van der Waals surface area contributed by atoms with Crippen molar-refractivity contribution in [2.75, 3.05) is 13.6 Å². The zero-order valence-corrected chi connectivity index (χ0v) is 12.6. The van der Waals surface area contributed by atoms with Crippen LogP contribution in [0.15, 0.2) is 34.7 Å². The lowest BCUT2D eigenvalue weighted by Crippen LogP contribution is -2.37. The van der Waals surface area contributed by atoms with Crippen LogP contribution in [0.5, 0.6) is 0 Å². The Hall–Kier alpha value is -1.52. The van der Waals surface area contributed by atoms with Gasteiger partial charge in [0.1, 0.15) is 11.3 Å². The van der Waals surface area contributed by atoms with Gasteiger partial charge in [-0.15, -0.1) is 12.4 Å². The van der Waals surface area contributed by atoms with E-state index in [4.69, 9.17) is 4.42 Å². The Kier molecular flexibility index (Phi) is 6.55. The van der Waals surface area contributed by atoms with E-state index in [1.807, 2.05) is 44.3 Å². The molecule has 0 bridgehead atoms. The fourth-order valence-electron chi connectivity index (χ4n) is 1.85. The number of fused-ring (bicyclic) bond motifs is 1. The molecule has 20 heavy (non-hydrogen) atoms. The lowest BCUT2D eigenvalue weighted by molar-refractivity contribution is -0.121. The number of amides is 1. The molecule has 1 amide bonds. The molecule has 0 spiro atoms. The Labute approximate surface area is 125 Å². The van der Waals surface area contributed by atoms with Gasteiger partial charge in [-0.3, -0.25) is 4.79 Å². The highest BCUT2D eigenvalue weighted by Crippen LogP contribution is 2.19. The molecule has 2 rings (SSSR count). The molecule has 1 unspecified atom stereocenters. The van der Waals surface area contributed by atoms with Crippen LogP contribution in [-0.2, 0) is 11.2 Å². The van der Waals surface area contributed by atoms with Crippen LogP contribution >= 0.6 is 12.4 Å². The normalized spacial score (nSPS) is 11.9. The van der Waals surface area contributed by atoms with Crippen molar-refractivity contribution < 1.29 is 9.21 Å². The van der Waals surface area contributed by atoms with Crippen molar-refractivity contribution in [3.05, 3.63) is 36.1 Å². The van der Waals surface area contributed by atoms with Crippen molar-refractivity contribution in [2.24, 2.45) is 0 Å². The largest absolute Gasteiger partial charge is 0.461 e. The molecule has 0 saturated carbocycles. The van der Waals surface area contributed by atoms with E-state index in [0.717, 1.165) is 16.7 Å². The molecule has 1 aromatic heterocycles. The van der Waals surface area contributed by atoms with Crippen LogP contribution in [0.2, 0.25) is 0 Å². The summed E-state index contributed by atoms with van der Waals surface area (Å²) in [6.07, 6.45) is 1.09. The maximum Gasteiger partial charge on any atom is 0.220 e. The van der Waals surface area contributed by atoms with E-state index in [0.29, 0.717) is 19.4 Å². The van der Waals surface area contributed by atoms with E-state index in [1.54, 1.807) is 0 Å². The van der Waals surface area contributed by atoms with Crippen molar-refractivity contribution in [2.45, 2.75) is 25.8 Å². The van der Waals surface area contributed by atoms with Crippen molar-refractivity contribution in [3.63, 3.8) is 0 Å². The molecule has 0 saturated heterocycles. The molecule has 1 aromatic carbocycles. The first-order valence-corrected chi connectivity index (χ1v) is 6.60. The Morgan fingerprint density at radius 3 is 2.80 bits per heavy atom. The van der Waals surface area contributed by atoms with E-state index in [9.17, 15) is 4.79 Å². The van der Waals surface area contributed by atoms with Crippen LogP contribution in [0.1, 0.15) is 19.1 Å². The van der Waals surface area contributed by atoms with Gasteiger partial charge in [0.2, 0.25) is 5.91 Å². The quantitative estimate of drug-likeness (QED) is 0.861.